The summed E-state index contributed by atoms with van der Waals surface area (Å²) in [6.45, 7) is 2.37. The SMILES string of the molecule is COc1cccc(N2CCC(C(=O)N3CCc4ccccc43)C2)n1. The topological polar surface area (TPSA) is 45.7 Å². The third kappa shape index (κ3) is 2.60. The first-order valence-corrected chi connectivity index (χ1v) is 8.41. The molecule has 0 spiro atoms. The first-order valence-electron chi connectivity index (χ1n) is 8.41. The molecule has 0 bridgehead atoms. The van der Waals surface area contributed by atoms with Crippen LogP contribution in [0.25, 0.3) is 0 Å². The van der Waals surface area contributed by atoms with E-state index in [2.05, 4.69) is 22.0 Å². The average molecular weight is 323 g/mol. The molecule has 2 aliphatic rings. The molecule has 2 aliphatic heterocycles. The normalized spacial score (nSPS) is 19.5. The molecule has 1 amide bonds. The van der Waals surface area contributed by atoms with Crippen molar-refractivity contribution in [2.75, 3.05) is 36.5 Å². The number of carbonyl (C=O) groups is 1. The molecule has 4 rings (SSSR count). The smallest absolute Gasteiger partial charge is 0.231 e. The van der Waals surface area contributed by atoms with Crippen molar-refractivity contribution in [3.63, 3.8) is 0 Å². The summed E-state index contributed by atoms with van der Waals surface area (Å²) in [7, 11) is 1.62. The van der Waals surface area contributed by atoms with Crippen LogP contribution in [0.15, 0.2) is 42.5 Å². The number of pyridine rings is 1. The molecule has 5 heteroatoms. The molecule has 5 nitrogen and oxygen atoms in total. The third-order valence-corrected chi connectivity index (χ3v) is 4.93. The Morgan fingerprint density at radius 1 is 1.17 bits per heavy atom. The number of aromatic nitrogens is 1. The number of amides is 1. The van der Waals surface area contributed by atoms with E-state index in [4.69, 9.17) is 4.74 Å². The van der Waals surface area contributed by atoms with Crippen LogP contribution in [0.5, 0.6) is 5.88 Å². The standard InChI is InChI=1S/C19H21N3O2/c1-24-18-8-4-7-17(20-18)21-11-9-15(13-21)19(23)22-12-10-14-5-2-3-6-16(14)22/h2-8,15H,9-13H2,1H3. The molecular formula is C19H21N3O2. The molecule has 1 aromatic heterocycles. The van der Waals surface area contributed by atoms with Crippen LogP contribution in [-0.2, 0) is 11.2 Å². The predicted molar refractivity (Wildman–Crippen MR) is 93.6 cm³/mol. The molecule has 1 aromatic carbocycles. The summed E-state index contributed by atoms with van der Waals surface area (Å²) in [6.07, 6.45) is 1.83. The highest BCUT2D eigenvalue weighted by Gasteiger charge is 2.34. The van der Waals surface area contributed by atoms with E-state index in [1.165, 1.54) is 5.56 Å². The Hall–Kier alpha value is -2.56. The lowest BCUT2D eigenvalue weighted by Gasteiger charge is -2.22. The molecule has 2 aromatic rings. The fourth-order valence-corrected chi connectivity index (χ4v) is 3.65. The largest absolute Gasteiger partial charge is 0.481 e. The molecular weight excluding hydrogens is 302 g/mol. The Morgan fingerprint density at radius 2 is 2.04 bits per heavy atom. The number of ether oxygens (including phenoxy) is 1. The lowest BCUT2D eigenvalue weighted by Crippen LogP contribution is -2.36. The molecule has 0 saturated carbocycles. The van der Waals surface area contributed by atoms with E-state index in [0.29, 0.717) is 5.88 Å². The number of carbonyl (C=O) groups excluding carboxylic acids is 1. The van der Waals surface area contributed by atoms with Crippen molar-refractivity contribution in [1.82, 2.24) is 4.98 Å². The van der Waals surface area contributed by atoms with Gasteiger partial charge in [0.15, 0.2) is 0 Å². The fourth-order valence-electron chi connectivity index (χ4n) is 3.65. The maximum absolute atomic E-state index is 13.0. The zero-order chi connectivity index (χ0) is 16.5. The number of para-hydroxylation sites is 1. The zero-order valence-electron chi connectivity index (χ0n) is 13.8. The molecule has 1 atom stereocenters. The monoisotopic (exact) mass is 323 g/mol. The van der Waals surface area contributed by atoms with Crippen molar-refractivity contribution in [3.05, 3.63) is 48.0 Å². The maximum Gasteiger partial charge on any atom is 0.231 e. The van der Waals surface area contributed by atoms with Crippen molar-refractivity contribution in [1.29, 1.82) is 0 Å². The van der Waals surface area contributed by atoms with Gasteiger partial charge in [0.05, 0.1) is 13.0 Å². The molecule has 1 fully saturated rings. The first kappa shape index (κ1) is 15.0. The van der Waals surface area contributed by atoms with Crippen LogP contribution in [0.1, 0.15) is 12.0 Å². The summed E-state index contributed by atoms with van der Waals surface area (Å²) in [6, 6.07) is 14.0. The molecule has 0 N–H and O–H groups in total. The van der Waals surface area contributed by atoms with E-state index in [-0.39, 0.29) is 11.8 Å². The number of nitrogens with zero attached hydrogens (tertiary/aromatic N) is 3. The number of fused-ring (bicyclic) bond motifs is 1. The van der Waals surface area contributed by atoms with Gasteiger partial charge in [-0.05, 0) is 30.5 Å². The van der Waals surface area contributed by atoms with E-state index in [9.17, 15) is 4.79 Å². The van der Waals surface area contributed by atoms with Gasteiger partial charge in [-0.15, -0.1) is 0 Å². The third-order valence-electron chi connectivity index (χ3n) is 4.93. The summed E-state index contributed by atoms with van der Waals surface area (Å²) in [5, 5.41) is 0. The van der Waals surface area contributed by atoms with Crippen LogP contribution in [0.3, 0.4) is 0 Å². The van der Waals surface area contributed by atoms with Gasteiger partial charge in [-0.1, -0.05) is 24.3 Å². The van der Waals surface area contributed by atoms with Crippen molar-refractivity contribution >= 4 is 17.4 Å². The summed E-state index contributed by atoms with van der Waals surface area (Å²) >= 11 is 0. The number of rotatable bonds is 3. The Labute approximate surface area is 141 Å². The lowest BCUT2D eigenvalue weighted by molar-refractivity contribution is -0.121. The number of benzene rings is 1. The highest BCUT2D eigenvalue weighted by atomic mass is 16.5. The van der Waals surface area contributed by atoms with Crippen LogP contribution < -0.4 is 14.5 Å². The average Bonchev–Trinajstić information content (AvgIpc) is 3.28. The molecule has 124 valence electrons. The number of hydrogen-bond donors (Lipinski definition) is 0. The van der Waals surface area contributed by atoms with Crippen LogP contribution in [0.2, 0.25) is 0 Å². The molecule has 0 radical (unpaired) electrons. The van der Waals surface area contributed by atoms with Crippen LogP contribution in [0.4, 0.5) is 11.5 Å². The minimum atomic E-state index is 0.0316. The van der Waals surface area contributed by atoms with E-state index in [1.54, 1.807) is 7.11 Å². The Morgan fingerprint density at radius 3 is 2.92 bits per heavy atom. The maximum atomic E-state index is 13.0. The van der Waals surface area contributed by atoms with Gasteiger partial charge in [0.2, 0.25) is 11.8 Å². The van der Waals surface area contributed by atoms with E-state index in [1.807, 2.05) is 35.2 Å². The summed E-state index contributed by atoms with van der Waals surface area (Å²) in [5.74, 6) is 1.76. The molecule has 1 unspecified atom stereocenters. The van der Waals surface area contributed by atoms with Gasteiger partial charge in [0.25, 0.3) is 0 Å². The second-order valence-electron chi connectivity index (χ2n) is 6.34. The van der Waals surface area contributed by atoms with E-state index in [0.717, 1.165) is 44.0 Å². The highest BCUT2D eigenvalue weighted by Crippen LogP contribution is 2.31. The molecule has 24 heavy (non-hydrogen) atoms. The Kier molecular flexibility index (Phi) is 3.84. The quantitative estimate of drug-likeness (QED) is 0.871. The predicted octanol–water partition coefficient (Wildman–Crippen LogP) is 2.51. The first-order chi connectivity index (χ1) is 11.8. The second kappa shape index (κ2) is 6.15. The van der Waals surface area contributed by atoms with Gasteiger partial charge >= 0.3 is 0 Å². The summed E-state index contributed by atoms with van der Waals surface area (Å²) in [5.41, 5.74) is 2.36. The fraction of sp³-hybridized carbons (Fsp3) is 0.368. The number of methoxy groups -OCH3 is 1. The van der Waals surface area contributed by atoms with E-state index < -0.39 is 0 Å². The van der Waals surface area contributed by atoms with Crippen molar-refractivity contribution in [3.8, 4) is 5.88 Å². The number of anilines is 2. The summed E-state index contributed by atoms with van der Waals surface area (Å²) < 4.78 is 5.20. The van der Waals surface area contributed by atoms with Crippen LogP contribution in [0, 0.1) is 5.92 Å². The van der Waals surface area contributed by atoms with Crippen molar-refractivity contribution in [2.45, 2.75) is 12.8 Å². The van der Waals surface area contributed by atoms with Crippen molar-refractivity contribution < 1.29 is 9.53 Å². The van der Waals surface area contributed by atoms with Gasteiger partial charge in [0.1, 0.15) is 5.82 Å². The molecule has 0 aliphatic carbocycles. The zero-order valence-corrected chi connectivity index (χ0v) is 13.8. The van der Waals surface area contributed by atoms with Gasteiger partial charge in [0, 0.05) is 31.4 Å². The van der Waals surface area contributed by atoms with Gasteiger partial charge < -0.3 is 14.5 Å². The lowest BCUT2D eigenvalue weighted by atomic mass is 10.1. The minimum absolute atomic E-state index is 0.0316. The van der Waals surface area contributed by atoms with Crippen LogP contribution in [-0.4, -0.2) is 37.6 Å². The highest BCUT2D eigenvalue weighted by molar-refractivity contribution is 5.97. The van der Waals surface area contributed by atoms with Gasteiger partial charge in [-0.25, -0.2) is 0 Å². The number of hydrogen-bond acceptors (Lipinski definition) is 4. The Balaban J connectivity index is 1.48. The van der Waals surface area contributed by atoms with Crippen LogP contribution >= 0.6 is 0 Å². The van der Waals surface area contributed by atoms with Gasteiger partial charge in [-0.2, -0.15) is 4.98 Å². The molecule has 1 saturated heterocycles. The second-order valence-corrected chi connectivity index (χ2v) is 6.34. The van der Waals surface area contributed by atoms with Gasteiger partial charge in [-0.3, -0.25) is 4.79 Å². The van der Waals surface area contributed by atoms with Crippen molar-refractivity contribution in [2.24, 2.45) is 5.92 Å². The molecule has 3 heterocycles. The minimum Gasteiger partial charge on any atom is -0.481 e. The van der Waals surface area contributed by atoms with E-state index >= 15 is 0 Å². The Bertz CT molecular complexity index is 762. The summed E-state index contributed by atoms with van der Waals surface area (Å²) in [4.78, 5) is 21.6.